The minimum atomic E-state index is -0.410. The standard InChI is InChI=1S/C19H20FNO2/c1-13(19-12-16(20)7-10-18(19)14(2)23)21-17-8-5-15(6-9-17)4-3-11-22/h5-10,12,21-22H,1,3-4,11H2,2H3. The minimum Gasteiger partial charge on any atom is -0.396 e. The Bertz CT molecular complexity index is 708. The van der Waals surface area contributed by atoms with Crippen LogP contribution < -0.4 is 5.32 Å². The highest BCUT2D eigenvalue weighted by Gasteiger charge is 2.11. The molecule has 2 rings (SSSR count). The van der Waals surface area contributed by atoms with E-state index in [1.54, 1.807) is 0 Å². The number of aliphatic hydroxyl groups excluding tert-OH is 1. The fourth-order valence-electron chi connectivity index (χ4n) is 2.35. The number of carbonyl (C=O) groups excluding carboxylic acids is 1. The van der Waals surface area contributed by atoms with Gasteiger partial charge in [0.1, 0.15) is 5.82 Å². The van der Waals surface area contributed by atoms with E-state index < -0.39 is 5.82 Å². The highest BCUT2D eigenvalue weighted by molar-refractivity contribution is 5.99. The molecule has 0 spiro atoms. The molecule has 0 atom stereocenters. The largest absolute Gasteiger partial charge is 0.396 e. The number of rotatable bonds is 7. The molecule has 3 nitrogen and oxygen atoms in total. The topological polar surface area (TPSA) is 49.3 Å². The Morgan fingerprint density at radius 2 is 1.87 bits per heavy atom. The Labute approximate surface area is 135 Å². The molecule has 2 aromatic carbocycles. The number of nitrogens with one attached hydrogen (secondary N) is 1. The second-order valence-corrected chi connectivity index (χ2v) is 5.37. The number of halogens is 1. The van der Waals surface area contributed by atoms with Crippen LogP contribution in [-0.4, -0.2) is 17.5 Å². The molecule has 0 heterocycles. The van der Waals surface area contributed by atoms with Crippen LogP contribution in [0.3, 0.4) is 0 Å². The monoisotopic (exact) mass is 313 g/mol. The summed E-state index contributed by atoms with van der Waals surface area (Å²) in [5.41, 5.74) is 3.30. The number of aryl methyl sites for hydroxylation is 1. The van der Waals surface area contributed by atoms with E-state index in [1.807, 2.05) is 24.3 Å². The molecule has 0 saturated carbocycles. The van der Waals surface area contributed by atoms with Gasteiger partial charge in [-0.2, -0.15) is 0 Å². The van der Waals surface area contributed by atoms with Gasteiger partial charge in [-0.25, -0.2) is 4.39 Å². The summed E-state index contributed by atoms with van der Waals surface area (Å²) < 4.78 is 13.5. The highest BCUT2D eigenvalue weighted by Crippen LogP contribution is 2.22. The predicted molar refractivity (Wildman–Crippen MR) is 90.9 cm³/mol. The van der Waals surface area contributed by atoms with Crippen molar-refractivity contribution >= 4 is 17.2 Å². The molecule has 120 valence electrons. The number of anilines is 1. The van der Waals surface area contributed by atoms with Crippen LogP contribution in [0, 0.1) is 5.82 Å². The third-order valence-electron chi connectivity index (χ3n) is 3.56. The SMILES string of the molecule is C=C(Nc1ccc(CCCO)cc1)c1cc(F)ccc1C(C)=O. The number of ketones is 1. The molecule has 0 radical (unpaired) electrons. The normalized spacial score (nSPS) is 10.4. The van der Waals surface area contributed by atoms with Gasteiger partial charge in [0.25, 0.3) is 0 Å². The van der Waals surface area contributed by atoms with Crippen molar-refractivity contribution in [3.8, 4) is 0 Å². The van der Waals surface area contributed by atoms with Gasteiger partial charge in [0.2, 0.25) is 0 Å². The van der Waals surface area contributed by atoms with Gasteiger partial charge < -0.3 is 10.4 Å². The number of Topliss-reactive ketones (excluding diaryl/α,β-unsaturated/α-hetero) is 1. The summed E-state index contributed by atoms with van der Waals surface area (Å²) in [6.45, 7) is 5.53. The van der Waals surface area contributed by atoms with Gasteiger partial charge in [0, 0.05) is 29.1 Å². The van der Waals surface area contributed by atoms with E-state index in [9.17, 15) is 9.18 Å². The van der Waals surface area contributed by atoms with Gasteiger partial charge in [0.15, 0.2) is 5.78 Å². The van der Waals surface area contributed by atoms with Crippen LogP contribution >= 0.6 is 0 Å². The first-order chi connectivity index (χ1) is 11.0. The van der Waals surface area contributed by atoms with Gasteiger partial charge in [-0.15, -0.1) is 0 Å². The van der Waals surface area contributed by atoms with Crippen LogP contribution in [0.4, 0.5) is 10.1 Å². The smallest absolute Gasteiger partial charge is 0.160 e. The molecule has 0 aliphatic carbocycles. The van der Waals surface area contributed by atoms with Gasteiger partial charge in [-0.1, -0.05) is 18.7 Å². The molecular weight excluding hydrogens is 293 g/mol. The molecule has 23 heavy (non-hydrogen) atoms. The third-order valence-corrected chi connectivity index (χ3v) is 3.56. The van der Waals surface area contributed by atoms with Crippen molar-refractivity contribution in [2.24, 2.45) is 0 Å². The molecule has 2 aromatic rings. The van der Waals surface area contributed by atoms with Crippen molar-refractivity contribution in [3.05, 3.63) is 71.6 Å². The Kier molecular flexibility index (Phi) is 5.66. The molecular formula is C19H20FNO2. The maximum atomic E-state index is 13.5. The van der Waals surface area contributed by atoms with Crippen LogP contribution in [0.1, 0.15) is 34.8 Å². The van der Waals surface area contributed by atoms with Crippen molar-refractivity contribution in [1.29, 1.82) is 0 Å². The number of hydrogen-bond acceptors (Lipinski definition) is 3. The fourth-order valence-corrected chi connectivity index (χ4v) is 2.35. The maximum absolute atomic E-state index is 13.5. The summed E-state index contributed by atoms with van der Waals surface area (Å²) >= 11 is 0. The van der Waals surface area contributed by atoms with Gasteiger partial charge in [-0.3, -0.25) is 4.79 Å². The lowest BCUT2D eigenvalue weighted by Gasteiger charge is -2.13. The number of aliphatic hydroxyl groups is 1. The first kappa shape index (κ1) is 16.9. The van der Waals surface area contributed by atoms with E-state index in [0.29, 0.717) is 16.8 Å². The summed E-state index contributed by atoms with van der Waals surface area (Å²) in [6.07, 6.45) is 1.54. The average Bonchev–Trinajstić information content (AvgIpc) is 2.53. The zero-order chi connectivity index (χ0) is 16.8. The minimum absolute atomic E-state index is 0.137. The lowest BCUT2D eigenvalue weighted by molar-refractivity contribution is 0.101. The first-order valence-electron chi connectivity index (χ1n) is 7.48. The zero-order valence-corrected chi connectivity index (χ0v) is 13.1. The van der Waals surface area contributed by atoms with Crippen molar-refractivity contribution in [3.63, 3.8) is 0 Å². The quantitative estimate of drug-likeness (QED) is 0.759. The number of benzene rings is 2. The van der Waals surface area contributed by atoms with E-state index in [0.717, 1.165) is 24.1 Å². The van der Waals surface area contributed by atoms with Crippen LogP contribution in [0.15, 0.2) is 49.0 Å². The molecule has 4 heteroatoms. The first-order valence-corrected chi connectivity index (χ1v) is 7.48. The summed E-state index contributed by atoms with van der Waals surface area (Å²) in [5, 5.41) is 11.9. The second kappa shape index (κ2) is 7.70. The fraction of sp³-hybridized carbons (Fsp3) is 0.211. The molecule has 0 unspecified atom stereocenters. The summed E-state index contributed by atoms with van der Waals surface area (Å²) in [7, 11) is 0. The Morgan fingerprint density at radius 3 is 2.48 bits per heavy atom. The van der Waals surface area contributed by atoms with Crippen LogP contribution in [0.25, 0.3) is 5.70 Å². The molecule has 0 aliphatic rings. The van der Waals surface area contributed by atoms with E-state index >= 15 is 0 Å². The van der Waals surface area contributed by atoms with E-state index in [2.05, 4.69) is 11.9 Å². The zero-order valence-electron chi connectivity index (χ0n) is 13.1. The van der Waals surface area contributed by atoms with Crippen molar-refractivity contribution in [2.45, 2.75) is 19.8 Å². The number of carbonyl (C=O) groups is 1. The number of hydrogen-bond donors (Lipinski definition) is 2. The molecule has 0 bridgehead atoms. The van der Waals surface area contributed by atoms with Crippen molar-refractivity contribution < 1.29 is 14.3 Å². The van der Waals surface area contributed by atoms with Gasteiger partial charge in [-0.05, 0) is 55.7 Å². The molecule has 0 aliphatic heterocycles. The van der Waals surface area contributed by atoms with E-state index in [1.165, 1.54) is 25.1 Å². The lowest BCUT2D eigenvalue weighted by Crippen LogP contribution is -2.05. The third kappa shape index (κ3) is 4.50. The maximum Gasteiger partial charge on any atom is 0.160 e. The summed E-state index contributed by atoms with van der Waals surface area (Å²) in [4.78, 5) is 11.7. The Morgan fingerprint density at radius 1 is 1.17 bits per heavy atom. The molecule has 0 fully saturated rings. The molecule has 0 aromatic heterocycles. The highest BCUT2D eigenvalue weighted by atomic mass is 19.1. The molecule has 2 N–H and O–H groups in total. The predicted octanol–water partition coefficient (Wildman–Crippen LogP) is 4.04. The van der Waals surface area contributed by atoms with E-state index in [-0.39, 0.29) is 12.4 Å². The summed E-state index contributed by atoms with van der Waals surface area (Å²) in [6, 6.07) is 11.8. The van der Waals surface area contributed by atoms with Crippen molar-refractivity contribution in [1.82, 2.24) is 0 Å². The average molecular weight is 313 g/mol. The Balaban J connectivity index is 2.16. The van der Waals surface area contributed by atoms with Crippen LogP contribution in [0.5, 0.6) is 0 Å². The van der Waals surface area contributed by atoms with Crippen LogP contribution in [0.2, 0.25) is 0 Å². The van der Waals surface area contributed by atoms with Crippen LogP contribution in [-0.2, 0) is 6.42 Å². The lowest BCUT2D eigenvalue weighted by atomic mass is 10.0. The second-order valence-electron chi connectivity index (χ2n) is 5.37. The van der Waals surface area contributed by atoms with Gasteiger partial charge in [0.05, 0.1) is 0 Å². The van der Waals surface area contributed by atoms with Gasteiger partial charge >= 0.3 is 0 Å². The molecule has 0 amide bonds. The van der Waals surface area contributed by atoms with E-state index in [4.69, 9.17) is 5.11 Å². The van der Waals surface area contributed by atoms with Crippen molar-refractivity contribution in [2.75, 3.05) is 11.9 Å². The summed E-state index contributed by atoms with van der Waals surface area (Å²) in [5.74, 6) is -0.547. The Hall–Kier alpha value is -2.46. The molecule has 0 saturated heterocycles.